The minimum Gasteiger partial charge on any atom is -0.489 e. The molecule has 46 heavy (non-hydrogen) atoms. The Labute approximate surface area is 275 Å². The van der Waals surface area contributed by atoms with E-state index in [0.29, 0.717) is 18.3 Å². The number of carbonyl (C=O) groups is 2. The van der Waals surface area contributed by atoms with Crippen molar-refractivity contribution in [3.05, 3.63) is 89.0 Å². The molecule has 3 atom stereocenters. The SMILES string of the molecule is CCC(C)CCCC(C)CCC(Oc1ccc(C(=O)OC)c(C(=O)OC)c1OCc1ccc(OCc2ccccc2)cc1)C(C)C. The van der Waals surface area contributed by atoms with Gasteiger partial charge in [-0.1, -0.05) is 103 Å². The fourth-order valence-electron chi connectivity index (χ4n) is 5.27. The molecule has 3 aromatic rings. The second-order valence-electron chi connectivity index (χ2n) is 12.5. The maximum absolute atomic E-state index is 13.1. The first-order chi connectivity index (χ1) is 22.2. The third kappa shape index (κ3) is 11.1. The Morgan fingerprint density at radius 1 is 0.674 bits per heavy atom. The molecular weight excluding hydrogens is 580 g/mol. The molecule has 0 bridgehead atoms. The summed E-state index contributed by atoms with van der Waals surface area (Å²) in [6, 6.07) is 20.8. The van der Waals surface area contributed by atoms with E-state index in [9.17, 15) is 9.59 Å². The first-order valence-electron chi connectivity index (χ1n) is 16.5. The quantitative estimate of drug-likeness (QED) is 0.122. The van der Waals surface area contributed by atoms with E-state index in [1.54, 1.807) is 6.07 Å². The van der Waals surface area contributed by atoms with E-state index < -0.39 is 11.9 Å². The fraction of sp³-hybridized carbons (Fsp3) is 0.487. The normalized spacial score (nSPS) is 13.0. The van der Waals surface area contributed by atoms with E-state index >= 15 is 0 Å². The third-order valence-corrected chi connectivity index (χ3v) is 8.53. The Morgan fingerprint density at radius 3 is 1.93 bits per heavy atom. The Bertz CT molecular complexity index is 1350. The van der Waals surface area contributed by atoms with Gasteiger partial charge in [0, 0.05) is 0 Å². The Kier molecular flexibility index (Phi) is 14.9. The van der Waals surface area contributed by atoms with Gasteiger partial charge in [-0.3, -0.25) is 0 Å². The summed E-state index contributed by atoms with van der Waals surface area (Å²) in [5.74, 6) is 1.46. The zero-order valence-corrected chi connectivity index (χ0v) is 28.7. The van der Waals surface area contributed by atoms with E-state index in [2.05, 4.69) is 34.6 Å². The van der Waals surface area contributed by atoms with Crippen molar-refractivity contribution in [2.24, 2.45) is 17.8 Å². The molecule has 250 valence electrons. The number of hydrogen-bond donors (Lipinski definition) is 0. The average Bonchev–Trinajstić information content (AvgIpc) is 3.08. The molecule has 0 radical (unpaired) electrons. The molecule has 3 unspecified atom stereocenters. The van der Waals surface area contributed by atoms with Crippen LogP contribution < -0.4 is 14.2 Å². The summed E-state index contributed by atoms with van der Waals surface area (Å²) >= 11 is 0. The molecule has 0 N–H and O–H groups in total. The van der Waals surface area contributed by atoms with Crippen LogP contribution in [0.5, 0.6) is 17.2 Å². The fourth-order valence-corrected chi connectivity index (χ4v) is 5.27. The second kappa shape index (κ2) is 18.8. The standard InChI is InChI=1S/C39H52O7/c1-8-28(4)13-12-14-29(5)17-23-34(27(2)3)46-35-24-22-33(38(40)42-6)36(39(41)43-7)37(35)45-26-31-18-20-32(21-19-31)44-25-30-15-10-9-11-16-30/h9-11,15-16,18-22,24,27-29,34H,8,12-14,17,23,25-26H2,1-7H3. The zero-order chi connectivity index (χ0) is 33.5. The minimum atomic E-state index is -0.707. The third-order valence-electron chi connectivity index (χ3n) is 8.53. The van der Waals surface area contributed by atoms with Crippen LogP contribution in [0, 0.1) is 17.8 Å². The topological polar surface area (TPSA) is 80.3 Å². The lowest BCUT2D eigenvalue weighted by atomic mass is 9.91. The van der Waals surface area contributed by atoms with Crippen molar-refractivity contribution < 1.29 is 33.3 Å². The van der Waals surface area contributed by atoms with Crippen molar-refractivity contribution in [3.8, 4) is 17.2 Å². The highest BCUT2D eigenvalue weighted by Gasteiger charge is 2.29. The molecule has 0 aliphatic heterocycles. The zero-order valence-electron chi connectivity index (χ0n) is 28.7. The summed E-state index contributed by atoms with van der Waals surface area (Å²) in [6.45, 7) is 11.7. The van der Waals surface area contributed by atoms with Crippen molar-refractivity contribution in [3.63, 3.8) is 0 Å². The predicted octanol–water partition coefficient (Wildman–Crippen LogP) is 9.45. The number of hydrogen-bond acceptors (Lipinski definition) is 7. The molecule has 3 rings (SSSR count). The highest BCUT2D eigenvalue weighted by atomic mass is 16.5. The Morgan fingerprint density at radius 2 is 1.30 bits per heavy atom. The molecule has 0 aliphatic rings. The summed E-state index contributed by atoms with van der Waals surface area (Å²) in [5.41, 5.74) is 1.97. The lowest BCUT2D eigenvalue weighted by Crippen LogP contribution is -2.25. The van der Waals surface area contributed by atoms with Crippen molar-refractivity contribution in [2.75, 3.05) is 14.2 Å². The number of carbonyl (C=O) groups excluding carboxylic acids is 2. The van der Waals surface area contributed by atoms with Gasteiger partial charge in [-0.2, -0.15) is 0 Å². The van der Waals surface area contributed by atoms with E-state index in [-0.39, 0.29) is 35.5 Å². The van der Waals surface area contributed by atoms with E-state index in [1.807, 2.05) is 54.6 Å². The number of esters is 2. The Hall–Kier alpha value is -4.00. The van der Waals surface area contributed by atoms with Crippen LogP contribution in [0.1, 0.15) is 105 Å². The molecule has 0 heterocycles. The lowest BCUT2D eigenvalue weighted by molar-refractivity contribution is 0.0548. The lowest BCUT2D eigenvalue weighted by Gasteiger charge is -2.26. The van der Waals surface area contributed by atoms with E-state index in [0.717, 1.165) is 35.6 Å². The molecular formula is C39H52O7. The number of methoxy groups -OCH3 is 2. The molecule has 0 spiro atoms. The van der Waals surface area contributed by atoms with Gasteiger partial charge in [-0.15, -0.1) is 0 Å². The summed E-state index contributed by atoms with van der Waals surface area (Å²) < 4.78 is 28.9. The first kappa shape index (κ1) is 36.5. The average molecular weight is 633 g/mol. The molecule has 0 amide bonds. The van der Waals surface area contributed by atoms with Gasteiger partial charge in [-0.25, -0.2) is 9.59 Å². The number of rotatable bonds is 19. The van der Waals surface area contributed by atoms with Crippen LogP contribution in [-0.4, -0.2) is 32.3 Å². The first-order valence-corrected chi connectivity index (χ1v) is 16.5. The van der Waals surface area contributed by atoms with Crippen molar-refractivity contribution >= 4 is 11.9 Å². The highest BCUT2D eigenvalue weighted by molar-refractivity contribution is 6.05. The predicted molar refractivity (Wildman–Crippen MR) is 182 cm³/mol. The van der Waals surface area contributed by atoms with Crippen LogP contribution in [0.15, 0.2) is 66.7 Å². The van der Waals surface area contributed by atoms with Gasteiger partial charge in [0.1, 0.15) is 30.6 Å². The summed E-state index contributed by atoms with van der Waals surface area (Å²) in [7, 11) is 2.54. The summed E-state index contributed by atoms with van der Waals surface area (Å²) in [5, 5.41) is 0. The van der Waals surface area contributed by atoms with Crippen LogP contribution in [0.4, 0.5) is 0 Å². The van der Waals surface area contributed by atoms with E-state index in [1.165, 1.54) is 46.0 Å². The number of benzene rings is 3. The van der Waals surface area contributed by atoms with Crippen LogP contribution >= 0.6 is 0 Å². The minimum absolute atomic E-state index is 0.0180. The molecule has 0 fully saturated rings. The molecule has 7 heteroatoms. The van der Waals surface area contributed by atoms with E-state index in [4.69, 9.17) is 23.7 Å². The van der Waals surface area contributed by atoms with Crippen LogP contribution in [0.3, 0.4) is 0 Å². The molecule has 0 aromatic heterocycles. The van der Waals surface area contributed by atoms with Crippen LogP contribution in [0.25, 0.3) is 0 Å². The molecule has 7 nitrogen and oxygen atoms in total. The largest absolute Gasteiger partial charge is 0.489 e. The van der Waals surface area contributed by atoms with Gasteiger partial charge in [-0.05, 0) is 66.0 Å². The van der Waals surface area contributed by atoms with Gasteiger partial charge in [0.2, 0.25) is 0 Å². The smallest absolute Gasteiger partial charge is 0.342 e. The Balaban J connectivity index is 1.80. The van der Waals surface area contributed by atoms with Crippen LogP contribution in [-0.2, 0) is 22.7 Å². The van der Waals surface area contributed by atoms with Gasteiger partial charge in [0.15, 0.2) is 11.5 Å². The molecule has 0 saturated heterocycles. The monoisotopic (exact) mass is 632 g/mol. The van der Waals surface area contributed by atoms with Gasteiger partial charge in [0.25, 0.3) is 0 Å². The second-order valence-corrected chi connectivity index (χ2v) is 12.5. The maximum Gasteiger partial charge on any atom is 0.342 e. The van der Waals surface area contributed by atoms with Gasteiger partial charge < -0.3 is 23.7 Å². The van der Waals surface area contributed by atoms with Gasteiger partial charge in [0.05, 0.1) is 19.8 Å². The molecule has 0 aliphatic carbocycles. The highest BCUT2D eigenvalue weighted by Crippen LogP contribution is 2.38. The maximum atomic E-state index is 13.1. The van der Waals surface area contributed by atoms with Crippen LogP contribution in [0.2, 0.25) is 0 Å². The molecule has 0 saturated carbocycles. The van der Waals surface area contributed by atoms with Crippen molar-refractivity contribution in [2.45, 2.75) is 92.5 Å². The number of ether oxygens (including phenoxy) is 5. The van der Waals surface area contributed by atoms with Crippen molar-refractivity contribution in [1.29, 1.82) is 0 Å². The summed E-state index contributed by atoms with van der Waals surface area (Å²) in [6.07, 6.45) is 6.69. The summed E-state index contributed by atoms with van der Waals surface area (Å²) in [4.78, 5) is 25.8. The molecule has 3 aromatic carbocycles. The van der Waals surface area contributed by atoms with Crippen molar-refractivity contribution in [1.82, 2.24) is 0 Å². The van der Waals surface area contributed by atoms with Gasteiger partial charge >= 0.3 is 11.9 Å².